The predicted molar refractivity (Wildman–Crippen MR) is 107 cm³/mol. The molecule has 1 amide bonds. The van der Waals surface area contributed by atoms with Crippen molar-refractivity contribution >= 4 is 19.9 Å². The van der Waals surface area contributed by atoms with Crippen LogP contribution < -0.4 is 5.32 Å². The Morgan fingerprint density at radius 1 is 1.43 bits per heavy atom. The van der Waals surface area contributed by atoms with E-state index in [-0.39, 0.29) is 18.1 Å². The summed E-state index contributed by atoms with van der Waals surface area (Å²) in [4.78, 5) is 22.6. The molecule has 1 aromatic rings. The van der Waals surface area contributed by atoms with Crippen molar-refractivity contribution in [1.29, 1.82) is 0 Å². The van der Waals surface area contributed by atoms with Gasteiger partial charge in [-0.3, -0.25) is 10.1 Å². The smallest absolute Gasteiger partial charge is 0.407 e. The number of carbonyl (C=O) groups is 1. The largest absolute Gasteiger partial charge is 0.444 e. The summed E-state index contributed by atoms with van der Waals surface area (Å²) < 4.78 is 12.0. The highest BCUT2D eigenvalue weighted by molar-refractivity contribution is 6.76. The van der Waals surface area contributed by atoms with Crippen molar-refractivity contribution < 1.29 is 24.3 Å². The highest BCUT2D eigenvalue weighted by Crippen LogP contribution is 2.27. The third-order valence-corrected chi connectivity index (χ3v) is 5.47. The summed E-state index contributed by atoms with van der Waals surface area (Å²) in [5.74, 6) is 0. The van der Waals surface area contributed by atoms with Gasteiger partial charge in [0.15, 0.2) is 0 Å². The molecule has 0 saturated heterocycles. The van der Waals surface area contributed by atoms with Gasteiger partial charge in [-0.25, -0.2) is 9.48 Å². The number of ether oxygens (including phenoxy) is 2. The second-order valence-corrected chi connectivity index (χ2v) is 14.5. The van der Waals surface area contributed by atoms with Crippen molar-refractivity contribution in [3.8, 4) is 0 Å². The summed E-state index contributed by atoms with van der Waals surface area (Å²) in [6, 6.07) is 0.0937. The summed E-state index contributed by atoms with van der Waals surface area (Å²) in [5, 5.41) is 28.4. The standard InChI is InChI=1S/C17H32N4O6Si/c1-12(19-16(23)27-17(2,3)4)15(22)14-13(21(24)25)10-18-20(14)11-26-8-9-28(5,6)7/h10,12,15,22H,8-9,11H2,1-7H3,(H,19,23)/t12-,15?/m0/s1. The molecular weight excluding hydrogens is 384 g/mol. The van der Waals surface area contributed by atoms with Gasteiger partial charge in [-0.15, -0.1) is 0 Å². The number of nitrogens with zero attached hydrogens (tertiary/aromatic N) is 3. The highest BCUT2D eigenvalue weighted by Gasteiger charge is 2.32. The first-order valence-electron chi connectivity index (χ1n) is 9.16. The molecule has 0 aliphatic carbocycles. The summed E-state index contributed by atoms with van der Waals surface area (Å²) >= 11 is 0. The molecule has 0 aliphatic rings. The van der Waals surface area contributed by atoms with Crippen molar-refractivity contribution in [3.05, 3.63) is 22.0 Å². The summed E-state index contributed by atoms with van der Waals surface area (Å²) in [6.07, 6.45) is -1.02. The van der Waals surface area contributed by atoms with Gasteiger partial charge in [-0.05, 0) is 33.7 Å². The molecule has 160 valence electrons. The molecule has 0 bridgehead atoms. The monoisotopic (exact) mass is 416 g/mol. The molecule has 0 saturated carbocycles. The summed E-state index contributed by atoms with van der Waals surface area (Å²) in [6.45, 7) is 13.8. The number of nitro groups is 1. The molecule has 1 heterocycles. The predicted octanol–water partition coefficient (Wildman–Crippen LogP) is 3.05. The maximum Gasteiger partial charge on any atom is 0.407 e. The molecule has 0 spiro atoms. The van der Waals surface area contributed by atoms with E-state index >= 15 is 0 Å². The van der Waals surface area contributed by atoms with Crippen LogP contribution in [0.25, 0.3) is 0 Å². The number of alkyl carbamates (subject to hydrolysis) is 1. The molecule has 11 heteroatoms. The first kappa shape index (κ1) is 24.1. The third-order valence-electron chi connectivity index (χ3n) is 3.76. The zero-order chi connectivity index (χ0) is 21.7. The fourth-order valence-electron chi connectivity index (χ4n) is 2.27. The van der Waals surface area contributed by atoms with Crippen LogP contribution in [-0.2, 0) is 16.2 Å². The van der Waals surface area contributed by atoms with Gasteiger partial charge in [0.25, 0.3) is 0 Å². The van der Waals surface area contributed by atoms with E-state index in [1.54, 1.807) is 20.8 Å². The maximum absolute atomic E-state index is 11.9. The van der Waals surface area contributed by atoms with Crippen LogP contribution in [0.15, 0.2) is 6.20 Å². The lowest BCUT2D eigenvalue weighted by atomic mass is 10.1. The Kier molecular flexibility index (Phi) is 8.14. The molecular formula is C17H32N4O6Si. The van der Waals surface area contributed by atoms with E-state index < -0.39 is 36.8 Å². The van der Waals surface area contributed by atoms with Gasteiger partial charge in [-0.2, -0.15) is 5.10 Å². The number of aliphatic hydroxyl groups excluding tert-OH is 1. The number of hydrogen-bond acceptors (Lipinski definition) is 7. The van der Waals surface area contributed by atoms with E-state index in [0.29, 0.717) is 6.61 Å². The van der Waals surface area contributed by atoms with Gasteiger partial charge in [0, 0.05) is 14.7 Å². The van der Waals surface area contributed by atoms with Gasteiger partial charge in [-0.1, -0.05) is 19.6 Å². The Morgan fingerprint density at radius 3 is 2.54 bits per heavy atom. The lowest BCUT2D eigenvalue weighted by Gasteiger charge is -2.24. The Morgan fingerprint density at radius 2 is 2.04 bits per heavy atom. The lowest BCUT2D eigenvalue weighted by Crippen LogP contribution is -2.41. The highest BCUT2D eigenvalue weighted by atomic mass is 28.3. The van der Waals surface area contributed by atoms with Crippen LogP contribution in [0.4, 0.5) is 10.5 Å². The molecule has 1 aromatic heterocycles. The van der Waals surface area contributed by atoms with Gasteiger partial charge in [0.1, 0.15) is 30.3 Å². The van der Waals surface area contributed by atoms with Crippen LogP contribution in [0.1, 0.15) is 39.5 Å². The molecule has 0 radical (unpaired) electrons. The first-order valence-corrected chi connectivity index (χ1v) is 12.9. The quantitative estimate of drug-likeness (QED) is 0.274. The molecule has 28 heavy (non-hydrogen) atoms. The van der Waals surface area contributed by atoms with E-state index in [0.717, 1.165) is 12.2 Å². The Hall–Kier alpha value is -1.98. The molecule has 10 nitrogen and oxygen atoms in total. The van der Waals surface area contributed by atoms with E-state index in [2.05, 4.69) is 30.1 Å². The maximum atomic E-state index is 11.9. The minimum Gasteiger partial charge on any atom is -0.444 e. The first-order chi connectivity index (χ1) is 12.7. The average Bonchev–Trinajstić information content (AvgIpc) is 2.91. The zero-order valence-electron chi connectivity index (χ0n) is 17.7. The van der Waals surface area contributed by atoms with E-state index in [4.69, 9.17) is 9.47 Å². The Balaban J connectivity index is 2.89. The average molecular weight is 417 g/mol. The van der Waals surface area contributed by atoms with Crippen molar-refractivity contribution in [2.24, 2.45) is 0 Å². The second kappa shape index (κ2) is 9.48. The second-order valence-electron chi connectivity index (χ2n) is 8.90. The Bertz CT molecular complexity index is 680. The number of carbonyl (C=O) groups excluding carboxylic acids is 1. The van der Waals surface area contributed by atoms with Crippen LogP contribution in [-0.4, -0.2) is 52.2 Å². The summed E-state index contributed by atoms with van der Waals surface area (Å²) in [7, 11) is -1.27. The van der Waals surface area contributed by atoms with Gasteiger partial charge >= 0.3 is 11.8 Å². The van der Waals surface area contributed by atoms with Gasteiger partial charge < -0.3 is 19.9 Å². The lowest BCUT2D eigenvalue weighted by molar-refractivity contribution is -0.386. The fraction of sp³-hybridized carbons (Fsp3) is 0.765. The minimum absolute atomic E-state index is 0.0239. The van der Waals surface area contributed by atoms with Crippen molar-refractivity contribution in [3.63, 3.8) is 0 Å². The van der Waals surface area contributed by atoms with E-state index in [1.165, 1.54) is 11.6 Å². The summed E-state index contributed by atoms with van der Waals surface area (Å²) in [5.41, 5.74) is -1.06. The Labute approximate surface area is 166 Å². The molecule has 0 aliphatic heterocycles. The zero-order valence-corrected chi connectivity index (χ0v) is 18.7. The van der Waals surface area contributed by atoms with Gasteiger partial charge in [0.2, 0.25) is 0 Å². The SMILES string of the molecule is C[C@H](NC(=O)OC(C)(C)C)C(O)c1c([N+](=O)[O-])cnn1COCC[Si](C)(C)C. The molecule has 1 unspecified atom stereocenters. The van der Waals surface area contributed by atoms with Crippen molar-refractivity contribution in [2.45, 2.75) is 77.9 Å². The molecule has 0 aromatic carbocycles. The molecule has 2 N–H and O–H groups in total. The number of nitrogens with one attached hydrogen (secondary N) is 1. The number of aliphatic hydroxyl groups is 1. The van der Waals surface area contributed by atoms with Crippen LogP contribution in [0.3, 0.4) is 0 Å². The number of amides is 1. The van der Waals surface area contributed by atoms with Crippen molar-refractivity contribution in [2.75, 3.05) is 6.61 Å². The third kappa shape index (κ3) is 7.95. The number of hydrogen-bond donors (Lipinski definition) is 2. The molecule has 1 rings (SSSR count). The van der Waals surface area contributed by atoms with Crippen LogP contribution >= 0.6 is 0 Å². The van der Waals surface area contributed by atoms with E-state index in [1.807, 2.05) is 0 Å². The minimum atomic E-state index is -1.36. The van der Waals surface area contributed by atoms with E-state index in [9.17, 15) is 20.0 Å². The fourth-order valence-corrected chi connectivity index (χ4v) is 3.03. The van der Waals surface area contributed by atoms with Crippen LogP contribution in [0, 0.1) is 10.1 Å². The van der Waals surface area contributed by atoms with Gasteiger partial charge in [0.05, 0.1) is 11.0 Å². The normalized spacial score (nSPS) is 14.4. The number of rotatable bonds is 9. The topological polar surface area (TPSA) is 129 Å². The number of aromatic nitrogens is 2. The molecule has 2 atom stereocenters. The van der Waals surface area contributed by atoms with Crippen LogP contribution in [0.2, 0.25) is 25.7 Å². The van der Waals surface area contributed by atoms with Crippen molar-refractivity contribution in [1.82, 2.24) is 15.1 Å². The van der Waals surface area contributed by atoms with Crippen LogP contribution in [0.5, 0.6) is 0 Å². The molecule has 0 fully saturated rings.